The van der Waals surface area contributed by atoms with Gasteiger partial charge in [-0.3, -0.25) is 9.69 Å². The first-order chi connectivity index (χ1) is 9.95. The lowest BCUT2D eigenvalue weighted by molar-refractivity contribution is -0.149. The summed E-state index contributed by atoms with van der Waals surface area (Å²) in [7, 11) is 0. The van der Waals surface area contributed by atoms with Crippen LogP contribution in [0.1, 0.15) is 24.3 Å². The van der Waals surface area contributed by atoms with Crippen LogP contribution in [0, 0.1) is 6.92 Å². The first-order valence-electron chi connectivity index (χ1n) is 6.43. The maximum absolute atomic E-state index is 12.4. The van der Waals surface area contributed by atoms with Gasteiger partial charge in [-0.15, -0.1) is 11.3 Å². The molecule has 0 N–H and O–H groups in total. The first kappa shape index (κ1) is 16.2. The van der Waals surface area contributed by atoms with Gasteiger partial charge in [-0.1, -0.05) is 24.0 Å². The molecule has 21 heavy (non-hydrogen) atoms. The number of ether oxygens (including phenoxy) is 1. The molecule has 1 atom stereocenters. The predicted octanol–water partition coefficient (Wildman–Crippen LogP) is 3.21. The van der Waals surface area contributed by atoms with E-state index >= 15 is 0 Å². The maximum Gasteiger partial charge on any atom is 0.329 e. The first-order valence-corrected chi connectivity index (χ1v) is 8.54. The van der Waals surface area contributed by atoms with E-state index in [2.05, 4.69) is 0 Å². The molecule has 0 spiro atoms. The van der Waals surface area contributed by atoms with Crippen LogP contribution in [0.25, 0.3) is 6.08 Å². The minimum atomic E-state index is -0.701. The second-order valence-corrected chi connectivity index (χ2v) is 7.07. The zero-order valence-electron chi connectivity index (χ0n) is 11.9. The molecule has 2 heterocycles. The van der Waals surface area contributed by atoms with Crippen molar-refractivity contribution >= 4 is 57.6 Å². The van der Waals surface area contributed by atoms with Gasteiger partial charge in [0.05, 0.1) is 11.5 Å². The molecule has 1 amide bonds. The topological polar surface area (TPSA) is 46.6 Å². The molecule has 1 aliphatic heterocycles. The average Bonchev–Trinajstić information content (AvgIpc) is 2.95. The lowest BCUT2D eigenvalue weighted by Crippen LogP contribution is -2.42. The van der Waals surface area contributed by atoms with Gasteiger partial charge in [0.15, 0.2) is 0 Å². The number of rotatable bonds is 4. The van der Waals surface area contributed by atoms with Crippen LogP contribution >= 0.6 is 35.3 Å². The van der Waals surface area contributed by atoms with Crippen LogP contribution < -0.4 is 0 Å². The Hall–Kier alpha value is -1.18. The fourth-order valence-electron chi connectivity index (χ4n) is 1.83. The van der Waals surface area contributed by atoms with Crippen LogP contribution in [0.2, 0.25) is 0 Å². The lowest BCUT2D eigenvalue weighted by atomic mass is 10.2. The van der Waals surface area contributed by atoms with Crippen LogP contribution in [0.5, 0.6) is 0 Å². The van der Waals surface area contributed by atoms with Crippen molar-refractivity contribution in [2.45, 2.75) is 26.8 Å². The Morgan fingerprint density at radius 1 is 1.57 bits per heavy atom. The Kier molecular flexibility index (Phi) is 5.18. The van der Waals surface area contributed by atoms with E-state index in [1.807, 2.05) is 24.4 Å². The molecule has 1 aromatic heterocycles. The van der Waals surface area contributed by atoms with Gasteiger partial charge in [-0.2, -0.15) is 0 Å². The third-order valence-electron chi connectivity index (χ3n) is 3.00. The molecule has 1 aliphatic rings. The van der Waals surface area contributed by atoms with Gasteiger partial charge in [0.25, 0.3) is 5.91 Å². The molecule has 4 nitrogen and oxygen atoms in total. The summed E-state index contributed by atoms with van der Waals surface area (Å²) >= 11 is 8.01. The summed E-state index contributed by atoms with van der Waals surface area (Å²) in [5, 5.41) is 1.98. The van der Waals surface area contributed by atoms with Crippen molar-refractivity contribution in [3.63, 3.8) is 0 Å². The van der Waals surface area contributed by atoms with Gasteiger partial charge in [0.1, 0.15) is 10.4 Å². The van der Waals surface area contributed by atoms with Crippen molar-refractivity contribution in [1.29, 1.82) is 0 Å². The summed E-state index contributed by atoms with van der Waals surface area (Å²) in [4.78, 5) is 27.1. The highest BCUT2D eigenvalue weighted by Gasteiger charge is 2.38. The Labute approximate surface area is 137 Å². The third kappa shape index (κ3) is 3.36. The van der Waals surface area contributed by atoms with E-state index in [4.69, 9.17) is 17.0 Å². The zero-order chi connectivity index (χ0) is 15.6. The number of thiocarbonyl (C=S) groups is 1. The predicted molar refractivity (Wildman–Crippen MR) is 90.2 cm³/mol. The molecule has 112 valence electrons. The Balaban J connectivity index is 2.23. The summed E-state index contributed by atoms with van der Waals surface area (Å²) in [5.74, 6) is -0.680. The summed E-state index contributed by atoms with van der Waals surface area (Å²) in [6, 6.07) is 1.30. The lowest BCUT2D eigenvalue weighted by Gasteiger charge is -2.21. The molecule has 1 unspecified atom stereocenters. The van der Waals surface area contributed by atoms with Crippen molar-refractivity contribution in [1.82, 2.24) is 4.90 Å². The quantitative estimate of drug-likeness (QED) is 0.478. The summed E-state index contributed by atoms with van der Waals surface area (Å²) in [5.41, 5.74) is 1.11. The van der Waals surface area contributed by atoms with Gasteiger partial charge in [0.2, 0.25) is 0 Å². The van der Waals surface area contributed by atoms with E-state index in [1.54, 1.807) is 25.2 Å². The van der Waals surface area contributed by atoms with Crippen LogP contribution in [0.4, 0.5) is 0 Å². The molecule has 7 heteroatoms. The highest BCUT2D eigenvalue weighted by molar-refractivity contribution is 8.26. The molecule has 0 radical (unpaired) electrons. The molecule has 0 bridgehead atoms. The van der Waals surface area contributed by atoms with Crippen LogP contribution in [-0.4, -0.2) is 33.7 Å². The Bertz CT molecular complexity index is 621. The third-order valence-corrected chi connectivity index (χ3v) is 5.30. The largest absolute Gasteiger partial charge is 0.464 e. The number of carbonyl (C=O) groups excluding carboxylic acids is 2. The molecule has 0 aliphatic carbocycles. The molecule has 1 fully saturated rings. The minimum absolute atomic E-state index is 0.238. The van der Waals surface area contributed by atoms with Crippen LogP contribution in [0.15, 0.2) is 16.4 Å². The van der Waals surface area contributed by atoms with Gasteiger partial charge in [-0.25, -0.2) is 4.79 Å². The number of nitrogens with zero attached hydrogens (tertiary/aromatic N) is 1. The number of thioether (sulfide) groups is 1. The number of aryl methyl sites for hydroxylation is 1. The summed E-state index contributed by atoms with van der Waals surface area (Å²) in [6.07, 6.45) is 1.83. The maximum atomic E-state index is 12.4. The number of esters is 1. The Morgan fingerprint density at radius 2 is 2.29 bits per heavy atom. The summed E-state index contributed by atoms with van der Waals surface area (Å²) in [6.45, 7) is 5.63. The van der Waals surface area contributed by atoms with E-state index in [-0.39, 0.29) is 12.5 Å². The fraction of sp³-hybridized carbons (Fsp3) is 0.357. The molecule has 2 rings (SSSR count). The SMILES string of the molecule is CCOC(=O)C(C)N1C(=O)/C(=C/c2sccc2C)SC1=S. The molecule has 0 saturated carbocycles. The second-order valence-electron chi connectivity index (χ2n) is 4.45. The van der Waals surface area contributed by atoms with Crippen molar-refractivity contribution in [3.8, 4) is 0 Å². The van der Waals surface area contributed by atoms with E-state index in [0.29, 0.717) is 9.23 Å². The molecular formula is C14H15NO3S3. The standard InChI is InChI=1S/C14H15NO3S3/c1-4-18-13(17)9(3)15-12(16)11(21-14(15)19)7-10-8(2)5-6-20-10/h5-7,9H,4H2,1-3H3/b11-7-. The van der Waals surface area contributed by atoms with E-state index in [0.717, 1.165) is 10.4 Å². The van der Waals surface area contributed by atoms with Crippen molar-refractivity contribution < 1.29 is 14.3 Å². The van der Waals surface area contributed by atoms with Gasteiger partial charge >= 0.3 is 5.97 Å². The molecule has 0 aromatic carbocycles. The number of hydrogen-bond donors (Lipinski definition) is 0. The van der Waals surface area contributed by atoms with E-state index < -0.39 is 12.0 Å². The highest BCUT2D eigenvalue weighted by atomic mass is 32.2. The normalized spacial score (nSPS) is 18.4. The fourth-order valence-corrected chi connectivity index (χ4v) is 4.17. The van der Waals surface area contributed by atoms with E-state index in [9.17, 15) is 9.59 Å². The van der Waals surface area contributed by atoms with Crippen molar-refractivity contribution in [3.05, 3.63) is 26.8 Å². The monoisotopic (exact) mass is 341 g/mol. The van der Waals surface area contributed by atoms with Gasteiger partial charge in [0, 0.05) is 4.88 Å². The van der Waals surface area contributed by atoms with Gasteiger partial charge in [-0.05, 0) is 43.9 Å². The molecule has 1 aromatic rings. The van der Waals surface area contributed by atoms with Crippen LogP contribution in [0.3, 0.4) is 0 Å². The average molecular weight is 341 g/mol. The minimum Gasteiger partial charge on any atom is -0.464 e. The highest BCUT2D eigenvalue weighted by Crippen LogP contribution is 2.35. The zero-order valence-corrected chi connectivity index (χ0v) is 14.4. The number of thiophene rings is 1. The summed E-state index contributed by atoms with van der Waals surface area (Å²) < 4.78 is 5.34. The smallest absolute Gasteiger partial charge is 0.329 e. The second kappa shape index (κ2) is 6.72. The van der Waals surface area contributed by atoms with Crippen molar-refractivity contribution in [2.75, 3.05) is 6.61 Å². The number of hydrogen-bond acceptors (Lipinski definition) is 6. The molecular weight excluding hydrogens is 326 g/mol. The molecule has 1 saturated heterocycles. The number of carbonyl (C=O) groups is 2. The van der Waals surface area contributed by atoms with Crippen molar-refractivity contribution in [2.24, 2.45) is 0 Å². The van der Waals surface area contributed by atoms with E-state index in [1.165, 1.54) is 16.7 Å². The Morgan fingerprint density at radius 3 is 2.86 bits per heavy atom. The number of amides is 1. The van der Waals surface area contributed by atoms with Crippen LogP contribution in [-0.2, 0) is 14.3 Å². The van der Waals surface area contributed by atoms with Gasteiger partial charge < -0.3 is 4.74 Å².